The SMILES string of the molecule is COc1cccc(OC)c1[C@H](N1CCNCC1)C(C)(C)CO. The third kappa shape index (κ3) is 3.37. The molecule has 0 aliphatic carbocycles. The molecule has 0 saturated carbocycles. The summed E-state index contributed by atoms with van der Waals surface area (Å²) in [7, 11) is 3.36. The fourth-order valence-corrected chi connectivity index (χ4v) is 3.24. The largest absolute Gasteiger partial charge is 0.496 e. The molecule has 5 nitrogen and oxygen atoms in total. The molecule has 0 amide bonds. The number of hydrogen-bond acceptors (Lipinski definition) is 5. The lowest BCUT2D eigenvalue weighted by Crippen LogP contribution is -2.49. The molecule has 22 heavy (non-hydrogen) atoms. The van der Waals surface area contributed by atoms with Gasteiger partial charge in [-0.15, -0.1) is 0 Å². The summed E-state index contributed by atoms with van der Waals surface area (Å²) in [6.45, 7) is 8.06. The molecule has 0 aromatic heterocycles. The van der Waals surface area contributed by atoms with E-state index in [1.807, 2.05) is 18.2 Å². The molecule has 1 atom stereocenters. The lowest BCUT2D eigenvalue weighted by Gasteiger charge is -2.44. The van der Waals surface area contributed by atoms with Crippen molar-refractivity contribution in [2.75, 3.05) is 47.0 Å². The molecular weight excluding hydrogens is 280 g/mol. The fraction of sp³-hybridized carbons (Fsp3) is 0.647. The van der Waals surface area contributed by atoms with Crippen molar-refractivity contribution in [2.24, 2.45) is 5.41 Å². The molecule has 1 aliphatic rings. The van der Waals surface area contributed by atoms with Gasteiger partial charge in [0.25, 0.3) is 0 Å². The van der Waals surface area contributed by atoms with Crippen molar-refractivity contribution < 1.29 is 14.6 Å². The third-order valence-corrected chi connectivity index (χ3v) is 4.40. The topological polar surface area (TPSA) is 54.0 Å². The van der Waals surface area contributed by atoms with Gasteiger partial charge in [0.15, 0.2) is 0 Å². The summed E-state index contributed by atoms with van der Waals surface area (Å²) in [5.41, 5.74) is 0.715. The smallest absolute Gasteiger partial charge is 0.127 e. The number of methoxy groups -OCH3 is 2. The van der Waals surface area contributed by atoms with Crippen LogP contribution in [0.3, 0.4) is 0 Å². The van der Waals surface area contributed by atoms with Crippen LogP contribution in [0, 0.1) is 5.41 Å². The molecule has 0 spiro atoms. The molecule has 0 radical (unpaired) electrons. The zero-order valence-electron chi connectivity index (χ0n) is 14.1. The molecule has 1 aliphatic heterocycles. The number of benzene rings is 1. The number of nitrogens with zero attached hydrogens (tertiary/aromatic N) is 1. The molecule has 1 heterocycles. The molecule has 0 bridgehead atoms. The Kier molecular flexibility index (Phi) is 5.67. The van der Waals surface area contributed by atoms with Gasteiger partial charge in [-0.1, -0.05) is 19.9 Å². The quantitative estimate of drug-likeness (QED) is 0.837. The van der Waals surface area contributed by atoms with Crippen LogP contribution >= 0.6 is 0 Å². The monoisotopic (exact) mass is 308 g/mol. The van der Waals surface area contributed by atoms with E-state index in [9.17, 15) is 5.11 Å². The van der Waals surface area contributed by atoms with Gasteiger partial charge >= 0.3 is 0 Å². The maximum absolute atomic E-state index is 9.96. The Labute approximate surface area is 133 Å². The summed E-state index contributed by atoms with van der Waals surface area (Å²) in [6, 6.07) is 5.88. The Morgan fingerprint density at radius 3 is 2.18 bits per heavy atom. The van der Waals surface area contributed by atoms with Gasteiger partial charge in [0.2, 0.25) is 0 Å². The van der Waals surface area contributed by atoms with E-state index in [1.54, 1.807) is 14.2 Å². The highest BCUT2D eigenvalue weighted by Crippen LogP contribution is 2.46. The van der Waals surface area contributed by atoms with Gasteiger partial charge < -0.3 is 19.9 Å². The summed E-state index contributed by atoms with van der Waals surface area (Å²) in [5.74, 6) is 1.62. The van der Waals surface area contributed by atoms with Crippen LogP contribution in [0.25, 0.3) is 0 Å². The number of rotatable bonds is 6. The molecule has 1 fully saturated rings. The van der Waals surface area contributed by atoms with Crippen LogP contribution in [0.1, 0.15) is 25.5 Å². The number of hydrogen-bond donors (Lipinski definition) is 2. The van der Waals surface area contributed by atoms with Crippen LogP contribution in [0.5, 0.6) is 11.5 Å². The Bertz CT molecular complexity index is 463. The van der Waals surface area contributed by atoms with Crippen LogP contribution in [0.2, 0.25) is 0 Å². The van der Waals surface area contributed by atoms with Crippen molar-refractivity contribution in [1.82, 2.24) is 10.2 Å². The second-order valence-corrected chi connectivity index (χ2v) is 6.41. The number of ether oxygens (including phenoxy) is 2. The van der Waals surface area contributed by atoms with E-state index in [0.717, 1.165) is 43.2 Å². The zero-order valence-corrected chi connectivity index (χ0v) is 14.1. The first-order valence-electron chi connectivity index (χ1n) is 7.81. The summed E-state index contributed by atoms with van der Waals surface area (Å²) in [6.07, 6.45) is 0. The van der Waals surface area contributed by atoms with Crippen molar-refractivity contribution in [2.45, 2.75) is 19.9 Å². The van der Waals surface area contributed by atoms with Gasteiger partial charge in [-0.2, -0.15) is 0 Å². The molecule has 1 aromatic carbocycles. The van der Waals surface area contributed by atoms with Crippen LogP contribution < -0.4 is 14.8 Å². The number of piperazine rings is 1. The molecule has 2 rings (SSSR count). The van der Waals surface area contributed by atoms with E-state index in [2.05, 4.69) is 24.1 Å². The fourth-order valence-electron chi connectivity index (χ4n) is 3.24. The highest BCUT2D eigenvalue weighted by molar-refractivity contribution is 5.48. The van der Waals surface area contributed by atoms with E-state index in [-0.39, 0.29) is 18.1 Å². The molecule has 124 valence electrons. The van der Waals surface area contributed by atoms with Gasteiger partial charge in [0.05, 0.1) is 19.8 Å². The molecule has 1 saturated heterocycles. The van der Waals surface area contributed by atoms with E-state index in [1.165, 1.54) is 0 Å². The first kappa shape index (κ1) is 17.1. The first-order valence-corrected chi connectivity index (χ1v) is 7.81. The van der Waals surface area contributed by atoms with Gasteiger partial charge in [0, 0.05) is 44.2 Å². The van der Waals surface area contributed by atoms with Crippen LogP contribution in [0.15, 0.2) is 18.2 Å². The summed E-state index contributed by atoms with van der Waals surface area (Å²) in [4.78, 5) is 2.41. The minimum atomic E-state index is -0.306. The first-order chi connectivity index (χ1) is 10.5. The Morgan fingerprint density at radius 2 is 1.73 bits per heavy atom. The van der Waals surface area contributed by atoms with Gasteiger partial charge in [-0.3, -0.25) is 4.90 Å². The van der Waals surface area contributed by atoms with E-state index in [0.29, 0.717) is 0 Å². The lowest BCUT2D eigenvalue weighted by molar-refractivity contribution is 0.0279. The van der Waals surface area contributed by atoms with Crippen LogP contribution in [0.4, 0.5) is 0 Å². The molecule has 2 N–H and O–H groups in total. The van der Waals surface area contributed by atoms with Crippen molar-refractivity contribution in [3.63, 3.8) is 0 Å². The zero-order chi connectivity index (χ0) is 16.2. The Hall–Kier alpha value is -1.30. The summed E-state index contributed by atoms with van der Waals surface area (Å²) >= 11 is 0. The van der Waals surface area contributed by atoms with Gasteiger partial charge in [-0.05, 0) is 12.1 Å². The predicted octanol–water partition coefficient (Wildman–Crippen LogP) is 1.67. The predicted molar refractivity (Wildman–Crippen MR) is 87.6 cm³/mol. The normalized spacial score (nSPS) is 18.0. The summed E-state index contributed by atoms with van der Waals surface area (Å²) in [5, 5.41) is 13.3. The Morgan fingerprint density at radius 1 is 1.18 bits per heavy atom. The highest BCUT2D eigenvalue weighted by Gasteiger charge is 2.39. The van der Waals surface area contributed by atoms with Gasteiger partial charge in [-0.25, -0.2) is 0 Å². The van der Waals surface area contributed by atoms with Crippen molar-refractivity contribution in [3.05, 3.63) is 23.8 Å². The maximum Gasteiger partial charge on any atom is 0.127 e. The second-order valence-electron chi connectivity index (χ2n) is 6.41. The average Bonchev–Trinajstić information content (AvgIpc) is 2.56. The van der Waals surface area contributed by atoms with E-state index < -0.39 is 0 Å². The lowest BCUT2D eigenvalue weighted by atomic mass is 9.79. The van der Waals surface area contributed by atoms with Crippen molar-refractivity contribution in [3.8, 4) is 11.5 Å². The van der Waals surface area contributed by atoms with Crippen LogP contribution in [-0.4, -0.2) is 57.0 Å². The van der Waals surface area contributed by atoms with Crippen molar-refractivity contribution in [1.29, 1.82) is 0 Å². The van der Waals surface area contributed by atoms with E-state index >= 15 is 0 Å². The molecule has 0 unspecified atom stereocenters. The van der Waals surface area contributed by atoms with Crippen LogP contribution in [-0.2, 0) is 0 Å². The molecular formula is C17H28N2O3. The summed E-state index contributed by atoms with van der Waals surface area (Å²) < 4.78 is 11.2. The Balaban J connectivity index is 2.53. The van der Waals surface area contributed by atoms with Gasteiger partial charge in [0.1, 0.15) is 11.5 Å². The molecule has 5 heteroatoms. The van der Waals surface area contributed by atoms with Crippen molar-refractivity contribution >= 4 is 0 Å². The van der Waals surface area contributed by atoms with E-state index in [4.69, 9.17) is 9.47 Å². The minimum Gasteiger partial charge on any atom is -0.496 e. The minimum absolute atomic E-state index is 0.0331. The molecule has 1 aromatic rings. The average molecular weight is 308 g/mol. The standard InChI is InChI=1S/C17H28N2O3/c1-17(2,12-20)16(19-10-8-18-9-11-19)15-13(21-3)6-5-7-14(15)22-4/h5-7,16,18,20H,8-12H2,1-4H3/t16-/m0/s1. The second kappa shape index (κ2) is 7.31. The number of aliphatic hydroxyl groups is 1. The number of nitrogens with one attached hydrogen (secondary N) is 1. The maximum atomic E-state index is 9.96. The highest BCUT2D eigenvalue weighted by atomic mass is 16.5. The number of aliphatic hydroxyl groups excluding tert-OH is 1. The third-order valence-electron chi connectivity index (χ3n) is 4.40.